The number of hydrogen-bond acceptors (Lipinski definition) is 2. The van der Waals surface area contributed by atoms with E-state index in [1.165, 1.54) is 12.0 Å². The highest BCUT2D eigenvalue weighted by Gasteiger charge is 2.24. The molecule has 1 aliphatic rings. The van der Waals surface area contributed by atoms with E-state index in [-0.39, 0.29) is 0 Å². The number of ether oxygens (including phenoxy) is 1. The standard InChI is InChI=1S/C14H21NO/c1-3-11(10-15-2)8-13-9-12-6-4-5-7-14(12)16-13/h4-7,11,13,15H,3,8-10H2,1-2H3. The van der Waals surface area contributed by atoms with E-state index in [2.05, 4.69) is 30.4 Å². The van der Waals surface area contributed by atoms with Gasteiger partial charge in [-0.05, 0) is 37.6 Å². The molecule has 16 heavy (non-hydrogen) atoms. The fourth-order valence-corrected chi connectivity index (χ4v) is 2.44. The molecule has 1 N–H and O–H groups in total. The van der Waals surface area contributed by atoms with E-state index in [1.807, 2.05) is 13.1 Å². The van der Waals surface area contributed by atoms with Gasteiger partial charge in [0.2, 0.25) is 0 Å². The van der Waals surface area contributed by atoms with Crippen LogP contribution in [0.5, 0.6) is 5.75 Å². The van der Waals surface area contributed by atoms with Crippen LogP contribution in [0.3, 0.4) is 0 Å². The normalized spacial score (nSPS) is 20.2. The largest absolute Gasteiger partial charge is 0.490 e. The number of rotatable bonds is 5. The van der Waals surface area contributed by atoms with E-state index in [1.54, 1.807) is 0 Å². The van der Waals surface area contributed by atoms with Crippen LogP contribution < -0.4 is 10.1 Å². The van der Waals surface area contributed by atoms with Crippen LogP contribution in [0.2, 0.25) is 0 Å². The van der Waals surface area contributed by atoms with Gasteiger partial charge in [-0.2, -0.15) is 0 Å². The van der Waals surface area contributed by atoms with Crippen LogP contribution in [0.4, 0.5) is 0 Å². The first kappa shape index (κ1) is 11.5. The molecule has 0 spiro atoms. The molecule has 2 rings (SSSR count). The Morgan fingerprint density at radius 3 is 2.94 bits per heavy atom. The molecule has 0 saturated carbocycles. The topological polar surface area (TPSA) is 21.3 Å². The number of hydrogen-bond donors (Lipinski definition) is 1. The highest BCUT2D eigenvalue weighted by atomic mass is 16.5. The maximum Gasteiger partial charge on any atom is 0.123 e. The molecule has 1 aromatic carbocycles. The van der Waals surface area contributed by atoms with Gasteiger partial charge in [0.1, 0.15) is 11.9 Å². The molecular formula is C14H21NO. The van der Waals surface area contributed by atoms with Crippen molar-refractivity contribution in [2.45, 2.75) is 32.3 Å². The van der Waals surface area contributed by atoms with Crippen LogP contribution in [0.15, 0.2) is 24.3 Å². The minimum atomic E-state index is 0.385. The average Bonchev–Trinajstić information content (AvgIpc) is 2.70. The van der Waals surface area contributed by atoms with E-state index in [0.29, 0.717) is 6.10 Å². The molecule has 1 aliphatic heterocycles. The molecule has 0 amide bonds. The summed E-state index contributed by atoms with van der Waals surface area (Å²) in [6.07, 6.45) is 3.84. The van der Waals surface area contributed by atoms with Gasteiger partial charge in [0.05, 0.1) is 0 Å². The third-order valence-electron chi connectivity index (χ3n) is 3.38. The smallest absolute Gasteiger partial charge is 0.123 e. The Morgan fingerprint density at radius 2 is 2.25 bits per heavy atom. The summed E-state index contributed by atoms with van der Waals surface area (Å²) in [7, 11) is 2.02. The third-order valence-corrected chi connectivity index (χ3v) is 3.38. The van der Waals surface area contributed by atoms with Gasteiger partial charge < -0.3 is 10.1 Å². The van der Waals surface area contributed by atoms with E-state index < -0.39 is 0 Å². The predicted octanol–water partition coefficient (Wildman–Crippen LogP) is 2.63. The Balaban J connectivity index is 1.91. The van der Waals surface area contributed by atoms with Gasteiger partial charge in [0.25, 0.3) is 0 Å². The molecule has 2 heteroatoms. The molecule has 2 unspecified atom stereocenters. The lowest BCUT2D eigenvalue weighted by Gasteiger charge is -2.18. The maximum atomic E-state index is 5.96. The minimum absolute atomic E-state index is 0.385. The first-order valence-electron chi connectivity index (χ1n) is 6.22. The Kier molecular flexibility index (Phi) is 3.83. The Labute approximate surface area is 98.0 Å². The van der Waals surface area contributed by atoms with Gasteiger partial charge in [0, 0.05) is 6.42 Å². The first-order chi connectivity index (χ1) is 7.83. The average molecular weight is 219 g/mol. The van der Waals surface area contributed by atoms with Crippen molar-refractivity contribution >= 4 is 0 Å². The highest BCUT2D eigenvalue weighted by molar-refractivity contribution is 5.37. The Hall–Kier alpha value is -1.02. The second-order valence-electron chi connectivity index (χ2n) is 4.62. The number of para-hydroxylation sites is 1. The molecule has 2 nitrogen and oxygen atoms in total. The maximum absolute atomic E-state index is 5.96. The van der Waals surface area contributed by atoms with Crippen LogP contribution in [0.25, 0.3) is 0 Å². The molecule has 2 atom stereocenters. The zero-order valence-electron chi connectivity index (χ0n) is 10.2. The lowest BCUT2D eigenvalue weighted by molar-refractivity contribution is 0.191. The van der Waals surface area contributed by atoms with Gasteiger partial charge in [-0.25, -0.2) is 0 Å². The summed E-state index contributed by atoms with van der Waals surface area (Å²) in [6.45, 7) is 3.34. The SMILES string of the molecule is CCC(CNC)CC1Cc2ccccc2O1. The number of nitrogens with one attached hydrogen (secondary N) is 1. The zero-order chi connectivity index (χ0) is 11.4. The quantitative estimate of drug-likeness (QED) is 0.822. The van der Waals surface area contributed by atoms with E-state index in [0.717, 1.165) is 31.1 Å². The fraction of sp³-hybridized carbons (Fsp3) is 0.571. The van der Waals surface area contributed by atoms with Gasteiger partial charge in [0.15, 0.2) is 0 Å². The zero-order valence-corrected chi connectivity index (χ0v) is 10.2. The van der Waals surface area contributed by atoms with E-state index in [9.17, 15) is 0 Å². The van der Waals surface area contributed by atoms with Crippen LogP contribution in [0.1, 0.15) is 25.3 Å². The Bertz CT molecular complexity index is 312. The summed E-state index contributed by atoms with van der Waals surface area (Å²) in [5, 5.41) is 3.26. The second-order valence-corrected chi connectivity index (χ2v) is 4.62. The molecule has 0 fully saturated rings. The van der Waals surface area contributed by atoms with Crippen molar-refractivity contribution < 1.29 is 4.74 Å². The van der Waals surface area contributed by atoms with Crippen LogP contribution in [-0.2, 0) is 6.42 Å². The summed E-state index contributed by atoms with van der Waals surface area (Å²) >= 11 is 0. The monoisotopic (exact) mass is 219 g/mol. The summed E-state index contributed by atoms with van der Waals surface area (Å²) < 4.78 is 5.96. The van der Waals surface area contributed by atoms with Crippen LogP contribution >= 0.6 is 0 Å². The summed E-state index contributed by atoms with van der Waals surface area (Å²) in [6, 6.07) is 8.39. The van der Waals surface area contributed by atoms with Crippen molar-refractivity contribution in [3.05, 3.63) is 29.8 Å². The van der Waals surface area contributed by atoms with E-state index in [4.69, 9.17) is 4.74 Å². The molecule has 1 heterocycles. The number of benzene rings is 1. The van der Waals surface area contributed by atoms with Gasteiger partial charge >= 0.3 is 0 Å². The predicted molar refractivity (Wildman–Crippen MR) is 66.9 cm³/mol. The van der Waals surface area contributed by atoms with Crippen molar-refractivity contribution in [2.75, 3.05) is 13.6 Å². The lowest BCUT2D eigenvalue weighted by Crippen LogP contribution is -2.25. The van der Waals surface area contributed by atoms with Crippen molar-refractivity contribution in [1.82, 2.24) is 5.32 Å². The Morgan fingerprint density at radius 1 is 1.44 bits per heavy atom. The number of fused-ring (bicyclic) bond motifs is 1. The van der Waals surface area contributed by atoms with Crippen LogP contribution in [-0.4, -0.2) is 19.7 Å². The van der Waals surface area contributed by atoms with Gasteiger partial charge in [-0.15, -0.1) is 0 Å². The molecular weight excluding hydrogens is 198 g/mol. The molecule has 0 saturated heterocycles. The first-order valence-corrected chi connectivity index (χ1v) is 6.22. The minimum Gasteiger partial charge on any atom is -0.490 e. The van der Waals surface area contributed by atoms with Crippen molar-refractivity contribution in [1.29, 1.82) is 0 Å². The van der Waals surface area contributed by atoms with Gasteiger partial charge in [-0.3, -0.25) is 0 Å². The molecule has 88 valence electrons. The summed E-state index contributed by atoms with van der Waals surface area (Å²) in [5.74, 6) is 1.82. The van der Waals surface area contributed by atoms with Gasteiger partial charge in [-0.1, -0.05) is 31.5 Å². The summed E-state index contributed by atoms with van der Waals surface area (Å²) in [5.41, 5.74) is 1.37. The van der Waals surface area contributed by atoms with E-state index >= 15 is 0 Å². The molecule has 0 bridgehead atoms. The third kappa shape index (κ3) is 2.56. The van der Waals surface area contributed by atoms with Crippen molar-refractivity contribution in [3.63, 3.8) is 0 Å². The van der Waals surface area contributed by atoms with Crippen molar-refractivity contribution in [2.24, 2.45) is 5.92 Å². The lowest BCUT2D eigenvalue weighted by atomic mass is 9.96. The molecule has 1 aromatic rings. The van der Waals surface area contributed by atoms with Crippen LogP contribution in [0, 0.1) is 5.92 Å². The molecule has 0 aromatic heterocycles. The summed E-state index contributed by atoms with van der Waals surface area (Å²) in [4.78, 5) is 0. The molecule has 0 radical (unpaired) electrons. The highest BCUT2D eigenvalue weighted by Crippen LogP contribution is 2.31. The van der Waals surface area contributed by atoms with Crippen molar-refractivity contribution in [3.8, 4) is 5.75 Å². The molecule has 0 aliphatic carbocycles. The second kappa shape index (κ2) is 5.35. The fourth-order valence-electron chi connectivity index (χ4n) is 2.44.